The fourth-order valence-corrected chi connectivity index (χ4v) is 3.90. The van der Waals surface area contributed by atoms with Crippen molar-refractivity contribution in [1.82, 2.24) is 4.72 Å². The highest BCUT2D eigenvalue weighted by molar-refractivity contribution is 7.89. The molecule has 0 spiro atoms. The van der Waals surface area contributed by atoms with Gasteiger partial charge in [-0.3, -0.25) is 4.79 Å². The summed E-state index contributed by atoms with van der Waals surface area (Å²) in [5.74, 6) is -0.781. The van der Waals surface area contributed by atoms with Crippen LogP contribution < -0.4 is 10.0 Å². The number of halogens is 1. The van der Waals surface area contributed by atoms with Crippen molar-refractivity contribution in [3.63, 3.8) is 0 Å². The van der Waals surface area contributed by atoms with Crippen molar-refractivity contribution in [2.45, 2.75) is 30.8 Å². The second-order valence-electron chi connectivity index (χ2n) is 6.42. The van der Waals surface area contributed by atoms with E-state index in [1.807, 2.05) is 0 Å². The molecule has 6 nitrogen and oxygen atoms in total. The van der Waals surface area contributed by atoms with Crippen LogP contribution in [0.15, 0.2) is 47.4 Å². The Kier molecular flexibility index (Phi) is 5.88. The van der Waals surface area contributed by atoms with Crippen LogP contribution in [0.3, 0.4) is 0 Å². The second kappa shape index (κ2) is 8.16. The third kappa shape index (κ3) is 4.91. The summed E-state index contributed by atoms with van der Waals surface area (Å²) in [6.07, 6.45) is 1.68. The third-order valence-electron chi connectivity index (χ3n) is 4.39. The fourth-order valence-electron chi connectivity index (χ4n) is 2.84. The van der Waals surface area contributed by atoms with E-state index in [0.717, 1.165) is 12.8 Å². The van der Waals surface area contributed by atoms with E-state index in [4.69, 9.17) is 4.74 Å². The number of ether oxygens (including phenoxy) is 1. The van der Waals surface area contributed by atoms with E-state index in [2.05, 4.69) is 10.0 Å². The Bertz CT molecular complexity index is 923. The Morgan fingerprint density at radius 3 is 2.59 bits per heavy atom. The maximum absolute atomic E-state index is 13.1. The van der Waals surface area contributed by atoms with Crippen molar-refractivity contribution in [2.75, 3.05) is 18.5 Å². The molecule has 0 aromatic heterocycles. The van der Waals surface area contributed by atoms with Gasteiger partial charge in [-0.1, -0.05) is 0 Å². The summed E-state index contributed by atoms with van der Waals surface area (Å²) in [5, 5.41) is 2.69. The lowest BCUT2D eigenvalue weighted by Gasteiger charge is -2.12. The number of nitrogens with one attached hydrogen (secondary N) is 2. The van der Waals surface area contributed by atoms with Crippen molar-refractivity contribution in [3.8, 4) is 0 Å². The van der Waals surface area contributed by atoms with E-state index >= 15 is 0 Å². The number of amides is 1. The predicted molar refractivity (Wildman–Crippen MR) is 99.7 cm³/mol. The Morgan fingerprint density at radius 2 is 1.96 bits per heavy atom. The lowest BCUT2D eigenvalue weighted by Crippen LogP contribution is -2.31. The van der Waals surface area contributed by atoms with Gasteiger partial charge in [0.1, 0.15) is 5.82 Å². The molecule has 0 bridgehead atoms. The highest BCUT2D eigenvalue weighted by Crippen LogP contribution is 2.18. The SMILES string of the molecule is Cc1cc(F)ccc1NC(=O)c1ccc(S(=O)(=O)NC[C@@H]2CCCO2)cc1. The molecule has 144 valence electrons. The molecule has 27 heavy (non-hydrogen) atoms. The van der Waals surface area contributed by atoms with Crippen LogP contribution >= 0.6 is 0 Å². The van der Waals surface area contributed by atoms with Crippen molar-refractivity contribution in [2.24, 2.45) is 0 Å². The predicted octanol–water partition coefficient (Wildman–Crippen LogP) is 2.84. The summed E-state index contributed by atoms with van der Waals surface area (Å²) in [6.45, 7) is 2.58. The van der Waals surface area contributed by atoms with E-state index in [1.54, 1.807) is 6.92 Å². The summed E-state index contributed by atoms with van der Waals surface area (Å²) >= 11 is 0. The van der Waals surface area contributed by atoms with Crippen LogP contribution in [0.5, 0.6) is 0 Å². The minimum absolute atomic E-state index is 0.0787. The summed E-state index contributed by atoms with van der Waals surface area (Å²) in [4.78, 5) is 12.4. The fraction of sp³-hybridized carbons (Fsp3) is 0.316. The van der Waals surface area contributed by atoms with Crippen molar-refractivity contribution in [1.29, 1.82) is 0 Å². The first kappa shape index (κ1) is 19.5. The van der Waals surface area contributed by atoms with Crippen LogP contribution in [0, 0.1) is 12.7 Å². The van der Waals surface area contributed by atoms with Gasteiger partial charge in [-0.05, 0) is 67.8 Å². The average Bonchev–Trinajstić information content (AvgIpc) is 3.16. The lowest BCUT2D eigenvalue weighted by molar-refractivity contribution is 0.102. The van der Waals surface area contributed by atoms with Crippen LogP contribution in [-0.2, 0) is 14.8 Å². The van der Waals surface area contributed by atoms with Gasteiger partial charge in [-0.2, -0.15) is 0 Å². The molecular formula is C19H21FN2O4S. The number of anilines is 1. The largest absolute Gasteiger partial charge is 0.377 e. The summed E-state index contributed by atoms with van der Waals surface area (Å²) < 4.78 is 45.7. The minimum Gasteiger partial charge on any atom is -0.377 e. The van der Waals surface area contributed by atoms with E-state index in [1.165, 1.54) is 42.5 Å². The number of hydrogen-bond acceptors (Lipinski definition) is 4. The molecule has 1 heterocycles. The van der Waals surface area contributed by atoms with Crippen LogP contribution in [0.1, 0.15) is 28.8 Å². The Morgan fingerprint density at radius 1 is 1.22 bits per heavy atom. The smallest absolute Gasteiger partial charge is 0.255 e. The molecule has 2 aromatic rings. The molecular weight excluding hydrogens is 371 g/mol. The quantitative estimate of drug-likeness (QED) is 0.792. The summed E-state index contributed by atoms with van der Waals surface area (Å²) in [7, 11) is -3.66. The third-order valence-corrected chi connectivity index (χ3v) is 5.83. The molecule has 1 atom stereocenters. The average molecular weight is 392 g/mol. The zero-order chi connectivity index (χ0) is 19.4. The first-order chi connectivity index (χ1) is 12.8. The zero-order valence-electron chi connectivity index (χ0n) is 14.9. The number of carbonyl (C=O) groups excluding carboxylic acids is 1. The van der Waals surface area contributed by atoms with Gasteiger partial charge >= 0.3 is 0 Å². The Hall–Kier alpha value is -2.29. The molecule has 2 N–H and O–H groups in total. The van der Waals surface area contributed by atoms with Gasteiger partial charge in [-0.25, -0.2) is 17.5 Å². The van der Waals surface area contributed by atoms with E-state index < -0.39 is 15.9 Å². The van der Waals surface area contributed by atoms with Gasteiger partial charge < -0.3 is 10.1 Å². The zero-order valence-corrected chi connectivity index (χ0v) is 15.7. The maximum Gasteiger partial charge on any atom is 0.255 e. The molecule has 1 aliphatic heterocycles. The Labute approximate surface area is 157 Å². The second-order valence-corrected chi connectivity index (χ2v) is 8.19. The highest BCUT2D eigenvalue weighted by atomic mass is 32.2. The van der Waals surface area contributed by atoms with Crippen LogP contribution in [0.2, 0.25) is 0 Å². The first-order valence-electron chi connectivity index (χ1n) is 8.64. The van der Waals surface area contributed by atoms with Gasteiger partial charge in [0.25, 0.3) is 5.91 Å². The van der Waals surface area contributed by atoms with Crippen molar-refractivity contribution < 1.29 is 22.3 Å². The molecule has 1 fully saturated rings. The molecule has 0 unspecified atom stereocenters. The molecule has 1 aliphatic rings. The van der Waals surface area contributed by atoms with Crippen LogP contribution in [0.25, 0.3) is 0 Å². The molecule has 2 aromatic carbocycles. The van der Waals surface area contributed by atoms with E-state index in [-0.39, 0.29) is 23.4 Å². The molecule has 1 amide bonds. The number of hydrogen-bond donors (Lipinski definition) is 2. The van der Waals surface area contributed by atoms with Crippen molar-refractivity contribution >= 4 is 21.6 Å². The summed E-state index contributed by atoms with van der Waals surface area (Å²) in [5.41, 5.74) is 1.40. The molecule has 8 heteroatoms. The number of carbonyl (C=O) groups is 1. The van der Waals surface area contributed by atoms with Crippen LogP contribution in [0.4, 0.5) is 10.1 Å². The molecule has 0 aliphatic carbocycles. The molecule has 0 radical (unpaired) electrons. The van der Waals surface area contributed by atoms with Crippen molar-refractivity contribution in [3.05, 3.63) is 59.4 Å². The number of benzene rings is 2. The monoisotopic (exact) mass is 392 g/mol. The molecule has 0 saturated carbocycles. The molecule has 1 saturated heterocycles. The van der Waals surface area contributed by atoms with E-state index in [9.17, 15) is 17.6 Å². The topological polar surface area (TPSA) is 84.5 Å². The van der Waals surface area contributed by atoms with Gasteiger partial charge in [-0.15, -0.1) is 0 Å². The number of sulfonamides is 1. The van der Waals surface area contributed by atoms with Crippen LogP contribution in [-0.4, -0.2) is 33.6 Å². The van der Waals surface area contributed by atoms with E-state index in [0.29, 0.717) is 23.4 Å². The highest BCUT2D eigenvalue weighted by Gasteiger charge is 2.20. The van der Waals surface area contributed by atoms with Gasteiger partial charge in [0.2, 0.25) is 10.0 Å². The molecule has 3 rings (SSSR count). The summed E-state index contributed by atoms with van der Waals surface area (Å²) in [6, 6.07) is 9.71. The van der Waals surface area contributed by atoms with Gasteiger partial charge in [0.05, 0.1) is 11.0 Å². The van der Waals surface area contributed by atoms with Gasteiger partial charge in [0.15, 0.2) is 0 Å². The number of rotatable bonds is 6. The first-order valence-corrected chi connectivity index (χ1v) is 10.1. The van der Waals surface area contributed by atoms with Gasteiger partial charge in [0, 0.05) is 24.4 Å². The number of aryl methyl sites for hydroxylation is 1. The minimum atomic E-state index is -3.66. The normalized spacial score (nSPS) is 17.0. The standard InChI is InChI=1S/C19H21FN2O4S/c1-13-11-15(20)6-9-18(13)22-19(23)14-4-7-17(8-5-14)27(24,25)21-12-16-3-2-10-26-16/h4-9,11,16,21H,2-3,10,12H2,1H3,(H,22,23)/t16-/m0/s1. The lowest BCUT2D eigenvalue weighted by atomic mass is 10.1. The Balaban J connectivity index is 1.65. The maximum atomic E-state index is 13.1.